The molecule has 0 heterocycles. The van der Waals surface area contributed by atoms with Gasteiger partial charge < -0.3 is 29.4 Å². The van der Waals surface area contributed by atoms with Crippen LogP contribution in [-0.4, -0.2) is 54.5 Å². The summed E-state index contributed by atoms with van der Waals surface area (Å²) in [6.45, 7) is 11.3. The Morgan fingerprint density at radius 1 is 0.917 bits per heavy atom. The number of carboxylic acid groups (broad SMARTS) is 1. The molecule has 1 unspecified atom stereocenters. The SMILES string of the molecule is CCCOC(=O)OC(C)CN[C@@H](Cc1ccc(OC(=O)CC(C)C)c(OC(=O)CC(C)C)c1)C(=O)O. The fraction of sp³-hybridized carbons (Fsp3) is 0.615. The number of carboxylic acids is 1. The number of carbonyl (C=O) groups is 4. The van der Waals surface area contributed by atoms with E-state index in [0.29, 0.717) is 12.0 Å². The molecule has 2 atom stereocenters. The Bertz CT molecular complexity index is 882. The highest BCUT2D eigenvalue weighted by molar-refractivity contribution is 5.77. The summed E-state index contributed by atoms with van der Waals surface area (Å²) in [5.41, 5.74) is 0.543. The number of benzene rings is 1. The van der Waals surface area contributed by atoms with Gasteiger partial charge in [0.2, 0.25) is 0 Å². The summed E-state index contributed by atoms with van der Waals surface area (Å²) in [5.74, 6) is -1.76. The van der Waals surface area contributed by atoms with Crippen molar-refractivity contribution in [3.05, 3.63) is 23.8 Å². The molecule has 36 heavy (non-hydrogen) atoms. The predicted octanol–water partition coefficient (Wildman–Crippen LogP) is 4.13. The molecule has 10 nitrogen and oxygen atoms in total. The Morgan fingerprint density at radius 3 is 2.03 bits per heavy atom. The van der Waals surface area contributed by atoms with Gasteiger partial charge >= 0.3 is 24.1 Å². The molecule has 0 aliphatic heterocycles. The highest BCUT2D eigenvalue weighted by atomic mass is 16.7. The highest BCUT2D eigenvalue weighted by Crippen LogP contribution is 2.30. The van der Waals surface area contributed by atoms with E-state index >= 15 is 0 Å². The second kappa shape index (κ2) is 15.8. The van der Waals surface area contributed by atoms with E-state index < -0.39 is 36.2 Å². The van der Waals surface area contributed by atoms with E-state index in [1.165, 1.54) is 12.1 Å². The first-order valence-electron chi connectivity index (χ1n) is 12.2. The summed E-state index contributed by atoms with van der Waals surface area (Å²) in [4.78, 5) is 47.9. The molecule has 0 saturated heterocycles. The lowest BCUT2D eigenvalue weighted by Gasteiger charge is -2.19. The minimum atomic E-state index is -1.11. The molecule has 1 aromatic carbocycles. The molecule has 1 aromatic rings. The lowest BCUT2D eigenvalue weighted by atomic mass is 10.0. The van der Waals surface area contributed by atoms with E-state index in [1.54, 1.807) is 13.0 Å². The summed E-state index contributed by atoms with van der Waals surface area (Å²) >= 11 is 0. The first kappa shape index (κ1) is 30.9. The number of carbonyl (C=O) groups excluding carboxylic acids is 3. The maximum absolute atomic E-state index is 12.3. The number of hydrogen-bond donors (Lipinski definition) is 2. The number of aliphatic carboxylic acids is 1. The topological polar surface area (TPSA) is 137 Å². The van der Waals surface area contributed by atoms with Crippen molar-refractivity contribution in [3.63, 3.8) is 0 Å². The first-order valence-corrected chi connectivity index (χ1v) is 12.2. The third-order valence-electron chi connectivity index (χ3n) is 4.72. The van der Waals surface area contributed by atoms with Gasteiger partial charge in [-0.2, -0.15) is 0 Å². The Hall–Kier alpha value is -3.14. The van der Waals surface area contributed by atoms with Gasteiger partial charge in [0.25, 0.3) is 0 Å². The van der Waals surface area contributed by atoms with Gasteiger partial charge in [-0.05, 0) is 49.3 Å². The molecule has 10 heteroatoms. The van der Waals surface area contributed by atoms with E-state index in [9.17, 15) is 24.3 Å². The molecular weight excluding hydrogens is 470 g/mol. The van der Waals surface area contributed by atoms with E-state index in [2.05, 4.69) is 5.32 Å². The van der Waals surface area contributed by atoms with Crippen LogP contribution in [-0.2, 0) is 30.3 Å². The molecule has 0 amide bonds. The molecule has 0 spiro atoms. The Morgan fingerprint density at radius 2 is 1.50 bits per heavy atom. The van der Waals surface area contributed by atoms with Crippen LogP contribution in [0, 0.1) is 11.8 Å². The third kappa shape index (κ3) is 12.5. The van der Waals surface area contributed by atoms with Crippen molar-refractivity contribution in [2.45, 2.75) is 79.4 Å². The molecule has 0 saturated carbocycles. The van der Waals surface area contributed by atoms with Gasteiger partial charge in [0.05, 0.1) is 6.61 Å². The number of nitrogens with one attached hydrogen (secondary N) is 1. The van der Waals surface area contributed by atoms with E-state index in [1.807, 2.05) is 34.6 Å². The van der Waals surface area contributed by atoms with Crippen LogP contribution in [0.2, 0.25) is 0 Å². The van der Waals surface area contributed by atoms with Crippen LogP contribution in [0.15, 0.2) is 18.2 Å². The molecule has 0 radical (unpaired) electrons. The fourth-order valence-electron chi connectivity index (χ4n) is 3.05. The van der Waals surface area contributed by atoms with Crippen molar-refractivity contribution in [1.82, 2.24) is 5.32 Å². The minimum Gasteiger partial charge on any atom is -0.480 e. The van der Waals surface area contributed by atoms with Crippen LogP contribution in [0.4, 0.5) is 4.79 Å². The van der Waals surface area contributed by atoms with Crippen LogP contribution in [0.5, 0.6) is 11.5 Å². The summed E-state index contributed by atoms with van der Waals surface area (Å²) in [6, 6.07) is 3.57. The Kier molecular flexibility index (Phi) is 13.5. The van der Waals surface area contributed by atoms with Gasteiger partial charge in [-0.15, -0.1) is 0 Å². The number of rotatable bonds is 15. The molecule has 0 fully saturated rings. The molecular formula is C26H39NO9. The fourth-order valence-corrected chi connectivity index (χ4v) is 3.05. The molecule has 0 aromatic heterocycles. The molecule has 2 N–H and O–H groups in total. The van der Waals surface area contributed by atoms with Crippen LogP contribution in [0.25, 0.3) is 0 Å². The van der Waals surface area contributed by atoms with Crippen LogP contribution >= 0.6 is 0 Å². The van der Waals surface area contributed by atoms with E-state index in [0.717, 1.165) is 0 Å². The minimum absolute atomic E-state index is 0.0390. The summed E-state index contributed by atoms with van der Waals surface area (Å²) in [7, 11) is 0. The van der Waals surface area contributed by atoms with Gasteiger partial charge in [0, 0.05) is 19.4 Å². The van der Waals surface area contributed by atoms with Crippen LogP contribution < -0.4 is 14.8 Å². The Labute approximate surface area is 212 Å². The van der Waals surface area contributed by atoms with Gasteiger partial charge in [0.15, 0.2) is 11.5 Å². The molecule has 0 aliphatic carbocycles. The third-order valence-corrected chi connectivity index (χ3v) is 4.72. The molecule has 202 valence electrons. The standard InChI is InChI=1S/C26H39NO9/c1-7-10-33-26(32)34-18(6)15-27-20(25(30)31)13-19-8-9-21(35-23(28)11-16(2)3)22(14-19)36-24(29)12-17(4)5/h8-9,14,16-18,20,27H,7,10-13,15H2,1-6H3,(H,30,31)/t18?,20-/m0/s1. The second-order valence-corrected chi connectivity index (χ2v) is 9.46. The Balaban J connectivity index is 2.96. The monoisotopic (exact) mass is 509 g/mol. The first-order chi connectivity index (χ1) is 16.9. The van der Waals surface area contributed by atoms with E-state index in [-0.39, 0.29) is 55.7 Å². The summed E-state index contributed by atoms with van der Waals surface area (Å²) in [6.07, 6.45) is -0.371. The summed E-state index contributed by atoms with van der Waals surface area (Å²) in [5, 5.41) is 12.5. The van der Waals surface area contributed by atoms with Crippen molar-refractivity contribution >= 4 is 24.1 Å². The normalized spacial score (nSPS) is 12.7. The second-order valence-electron chi connectivity index (χ2n) is 9.46. The zero-order chi connectivity index (χ0) is 27.3. The lowest BCUT2D eigenvalue weighted by Crippen LogP contribution is -2.42. The quantitative estimate of drug-likeness (QED) is 0.262. The molecule has 0 aliphatic rings. The number of hydrogen-bond acceptors (Lipinski definition) is 9. The van der Waals surface area contributed by atoms with Crippen molar-refractivity contribution < 1.29 is 43.2 Å². The van der Waals surface area contributed by atoms with Crippen molar-refractivity contribution in [2.24, 2.45) is 11.8 Å². The molecule has 0 bridgehead atoms. The smallest absolute Gasteiger partial charge is 0.480 e. The van der Waals surface area contributed by atoms with Gasteiger partial charge in [-0.1, -0.05) is 40.7 Å². The van der Waals surface area contributed by atoms with Crippen molar-refractivity contribution in [3.8, 4) is 11.5 Å². The average molecular weight is 510 g/mol. The van der Waals surface area contributed by atoms with E-state index in [4.69, 9.17) is 18.9 Å². The van der Waals surface area contributed by atoms with Gasteiger partial charge in [0.1, 0.15) is 12.1 Å². The molecule has 1 rings (SSSR count). The van der Waals surface area contributed by atoms with Gasteiger partial charge in [-0.3, -0.25) is 14.4 Å². The predicted molar refractivity (Wildman–Crippen MR) is 132 cm³/mol. The maximum atomic E-state index is 12.3. The summed E-state index contributed by atoms with van der Waals surface area (Å²) < 4.78 is 20.8. The number of esters is 2. The van der Waals surface area contributed by atoms with Crippen molar-refractivity contribution in [2.75, 3.05) is 13.2 Å². The van der Waals surface area contributed by atoms with Gasteiger partial charge in [-0.25, -0.2) is 4.79 Å². The maximum Gasteiger partial charge on any atom is 0.508 e. The van der Waals surface area contributed by atoms with Crippen molar-refractivity contribution in [1.29, 1.82) is 0 Å². The van der Waals surface area contributed by atoms with Crippen LogP contribution in [0.3, 0.4) is 0 Å². The zero-order valence-electron chi connectivity index (χ0n) is 22.0. The largest absolute Gasteiger partial charge is 0.508 e. The highest BCUT2D eigenvalue weighted by Gasteiger charge is 2.22. The zero-order valence-corrected chi connectivity index (χ0v) is 22.0. The number of ether oxygens (including phenoxy) is 4. The van der Waals surface area contributed by atoms with Crippen LogP contribution in [0.1, 0.15) is 66.4 Å². The lowest BCUT2D eigenvalue weighted by molar-refractivity contribution is -0.139. The average Bonchev–Trinajstić information content (AvgIpc) is 2.75.